The normalized spacial score (nSPS) is 13.6. The molecule has 0 saturated heterocycles. The fourth-order valence-electron chi connectivity index (χ4n) is 1.48. The zero-order valence-electron chi connectivity index (χ0n) is 9.70. The van der Waals surface area contributed by atoms with E-state index in [-0.39, 0.29) is 17.6 Å². The quantitative estimate of drug-likeness (QED) is 0.902. The van der Waals surface area contributed by atoms with Gasteiger partial charge in [0.1, 0.15) is 15.7 Å². The summed E-state index contributed by atoms with van der Waals surface area (Å²) >= 11 is 3.32. The van der Waals surface area contributed by atoms with Crippen LogP contribution in [0.25, 0.3) is 0 Å². The molecule has 1 atom stereocenters. The highest BCUT2D eigenvalue weighted by Gasteiger charge is 2.10. The van der Waals surface area contributed by atoms with Crippen molar-refractivity contribution in [1.29, 1.82) is 0 Å². The van der Waals surface area contributed by atoms with Gasteiger partial charge in [-0.2, -0.15) is 0 Å². The number of hydrogen-bond donors (Lipinski definition) is 1. The van der Waals surface area contributed by atoms with Crippen molar-refractivity contribution in [3.05, 3.63) is 34.1 Å². The lowest BCUT2D eigenvalue weighted by Crippen LogP contribution is -2.32. The second-order valence-corrected chi connectivity index (χ2v) is 7.15. The summed E-state index contributed by atoms with van der Waals surface area (Å²) in [6.45, 7) is 2.21. The Kier molecular flexibility index (Phi) is 5.09. The molecule has 0 aliphatic heterocycles. The number of hydrogen-bond acceptors (Lipinski definition) is 3. The minimum atomic E-state index is -2.99. The maximum Gasteiger partial charge on any atom is 0.148 e. The second kappa shape index (κ2) is 5.93. The molecule has 0 radical (unpaired) electrons. The van der Waals surface area contributed by atoms with Gasteiger partial charge in [0, 0.05) is 23.3 Å². The molecule has 0 spiro atoms. The Morgan fingerprint density at radius 1 is 1.47 bits per heavy atom. The van der Waals surface area contributed by atoms with E-state index in [2.05, 4.69) is 21.2 Å². The Labute approximate surface area is 109 Å². The topological polar surface area (TPSA) is 46.2 Å². The zero-order valence-corrected chi connectivity index (χ0v) is 12.1. The molecular formula is C11H15BrFNO2S. The van der Waals surface area contributed by atoms with Gasteiger partial charge in [0.2, 0.25) is 0 Å². The number of halogens is 2. The molecule has 1 aromatic rings. The van der Waals surface area contributed by atoms with Gasteiger partial charge in [0.25, 0.3) is 0 Å². The highest BCUT2D eigenvalue weighted by Crippen LogP contribution is 2.17. The molecule has 17 heavy (non-hydrogen) atoms. The standard InChI is InChI=1S/C11H15BrFNO2S/c1-8(7-17(2,15)16)14-6-9-5-10(13)3-4-11(9)12/h3-5,8,14H,6-7H2,1-2H3. The van der Waals surface area contributed by atoms with E-state index in [1.165, 1.54) is 18.4 Å². The van der Waals surface area contributed by atoms with Gasteiger partial charge >= 0.3 is 0 Å². The van der Waals surface area contributed by atoms with E-state index in [1.807, 2.05) is 0 Å². The van der Waals surface area contributed by atoms with Crippen molar-refractivity contribution in [2.75, 3.05) is 12.0 Å². The van der Waals surface area contributed by atoms with Crippen molar-refractivity contribution in [3.8, 4) is 0 Å². The fraction of sp³-hybridized carbons (Fsp3) is 0.455. The van der Waals surface area contributed by atoms with Crippen LogP contribution in [-0.4, -0.2) is 26.5 Å². The van der Waals surface area contributed by atoms with Crippen LogP contribution in [0.4, 0.5) is 4.39 Å². The van der Waals surface area contributed by atoms with Crippen LogP contribution in [-0.2, 0) is 16.4 Å². The van der Waals surface area contributed by atoms with E-state index in [0.717, 1.165) is 10.0 Å². The first-order valence-corrected chi connectivity index (χ1v) is 7.98. The monoisotopic (exact) mass is 323 g/mol. The van der Waals surface area contributed by atoms with Crippen LogP contribution in [0.3, 0.4) is 0 Å². The summed E-state index contributed by atoms with van der Waals surface area (Å²) in [6, 6.07) is 4.26. The first-order valence-electron chi connectivity index (χ1n) is 5.13. The third-order valence-electron chi connectivity index (χ3n) is 2.20. The van der Waals surface area contributed by atoms with E-state index >= 15 is 0 Å². The number of sulfone groups is 1. The van der Waals surface area contributed by atoms with Crippen LogP contribution < -0.4 is 5.32 Å². The second-order valence-electron chi connectivity index (χ2n) is 4.11. The van der Waals surface area contributed by atoms with Crippen molar-refractivity contribution < 1.29 is 12.8 Å². The molecule has 3 nitrogen and oxygen atoms in total. The number of rotatable bonds is 5. The van der Waals surface area contributed by atoms with Crippen LogP contribution >= 0.6 is 15.9 Å². The molecule has 0 amide bonds. The van der Waals surface area contributed by atoms with Gasteiger partial charge in [-0.05, 0) is 30.7 Å². The highest BCUT2D eigenvalue weighted by molar-refractivity contribution is 9.10. The van der Waals surface area contributed by atoms with Gasteiger partial charge in [0.05, 0.1) is 5.75 Å². The Bertz CT molecular complexity index is 490. The van der Waals surface area contributed by atoms with Crippen molar-refractivity contribution >= 4 is 25.8 Å². The molecule has 0 aromatic heterocycles. The lowest BCUT2D eigenvalue weighted by atomic mass is 10.2. The predicted octanol–water partition coefficient (Wildman–Crippen LogP) is 2.11. The Morgan fingerprint density at radius 2 is 2.12 bits per heavy atom. The van der Waals surface area contributed by atoms with Crippen LogP contribution in [0.1, 0.15) is 12.5 Å². The Balaban J connectivity index is 2.58. The van der Waals surface area contributed by atoms with Crippen LogP contribution in [0.15, 0.2) is 22.7 Å². The molecule has 0 fully saturated rings. The molecule has 1 rings (SSSR count). The van der Waals surface area contributed by atoms with Gasteiger partial charge in [-0.25, -0.2) is 12.8 Å². The molecule has 1 aromatic carbocycles. The lowest BCUT2D eigenvalue weighted by Gasteiger charge is -2.13. The van der Waals surface area contributed by atoms with Crippen molar-refractivity contribution in [3.63, 3.8) is 0 Å². The molecule has 1 unspecified atom stereocenters. The molecule has 1 N–H and O–H groups in total. The number of nitrogens with one attached hydrogen (secondary N) is 1. The average Bonchev–Trinajstić information content (AvgIpc) is 2.17. The van der Waals surface area contributed by atoms with E-state index in [1.54, 1.807) is 13.0 Å². The maximum atomic E-state index is 13.0. The molecule has 0 aliphatic rings. The third kappa shape index (κ3) is 5.61. The van der Waals surface area contributed by atoms with E-state index in [9.17, 15) is 12.8 Å². The number of benzene rings is 1. The van der Waals surface area contributed by atoms with Crippen LogP contribution in [0, 0.1) is 5.82 Å². The van der Waals surface area contributed by atoms with E-state index < -0.39 is 9.84 Å². The summed E-state index contributed by atoms with van der Waals surface area (Å²) in [5, 5.41) is 3.05. The Hall–Kier alpha value is -0.460. The first-order chi connectivity index (χ1) is 7.78. The Morgan fingerprint density at radius 3 is 2.71 bits per heavy atom. The van der Waals surface area contributed by atoms with Crippen molar-refractivity contribution in [2.24, 2.45) is 0 Å². The SMILES string of the molecule is CC(CS(C)(=O)=O)NCc1cc(F)ccc1Br. The van der Waals surface area contributed by atoms with Gasteiger partial charge in [0.15, 0.2) is 0 Å². The van der Waals surface area contributed by atoms with E-state index in [4.69, 9.17) is 0 Å². The summed E-state index contributed by atoms with van der Waals surface area (Å²) in [5.74, 6) is -0.235. The molecule has 0 heterocycles. The van der Waals surface area contributed by atoms with Gasteiger partial charge in [-0.15, -0.1) is 0 Å². The average molecular weight is 324 g/mol. The minimum Gasteiger partial charge on any atom is -0.309 e. The van der Waals surface area contributed by atoms with E-state index in [0.29, 0.717) is 6.54 Å². The third-order valence-corrected chi connectivity index (χ3v) is 4.08. The van der Waals surface area contributed by atoms with Gasteiger partial charge < -0.3 is 5.32 Å². The van der Waals surface area contributed by atoms with Crippen LogP contribution in [0.2, 0.25) is 0 Å². The summed E-state index contributed by atoms with van der Waals surface area (Å²) < 4.78 is 35.9. The first kappa shape index (κ1) is 14.6. The molecule has 0 saturated carbocycles. The molecular weight excluding hydrogens is 309 g/mol. The summed E-state index contributed by atoms with van der Waals surface area (Å²) in [5.41, 5.74) is 0.769. The highest BCUT2D eigenvalue weighted by atomic mass is 79.9. The van der Waals surface area contributed by atoms with Gasteiger partial charge in [-0.3, -0.25) is 0 Å². The van der Waals surface area contributed by atoms with Gasteiger partial charge in [-0.1, -0.05) is 15.9 Å². The molecule has 96 valence electrons. The fourth-order valence-corrected chi connectivity index (χ4v) is 2.89. The summed E-state index contributed by atoms with van der Waals surface area (Å²) in [4.78, 5) is 0. The maximum absolute atomic E-state index is 13.0. The lowest BCUT2D eigenvalue weighted by molar-refractivity contribution is 0.557. The van der Waals surface area contributed by atoms with Crippen molar-refractivity contribution in [1.82, 2.24) is 5.32 Å². The summed E-state index contributed by atoms with van der Waals surface area (Å²) in [6.07, 6.45) is 1.20. The zero-order chi connectivity index (χ0) is 13.1. The van der Waals surface area contributed by atoms with Crippen molar-refractivity contribution in [2.45, 2.75) is 19.5 Å². The minimum absolute atomic E-state index is 0.0694. The molecule has 0 aliphatic carbocycles. The largest absolute Gasteiger partial charge is 0.309 e. The molecule has 0 bridgehead atoms. The van der Waals surface area contributed by atoms with Crippen LogP contribution in [0.5, 0.6) is 0 Å². The predicted molar refractivity (Wildman–Crippen MR) is 70.1 cm³/mol. The summed E-state index contributed by atoms with van der Waals surface area (Å²) in [7, 11) is -2.99. The smallest absolute Gasteiger partial charge is 0.148 e. The molecule has 6 heteroatoms.